The number of benzene rings is 3. The maximum atomic E-state index is 14.0. The van der Waals surface area contributed by atoms with Crippen molar-refractivity contribution in [3.63, 3.8) is 0 Å². The number of hydrogen-bond acceptors (Lipinski definition) is 5. The molecule has 0 saturated heterocycles. The molecule has 0 fully saturated rings. The first-order valence-electron chi connectivity index (χ1n) is 13.5. The lowest BCUT2D eigenvalue weighted by molar-refractivity contribution is -0.122. The highest BCUT2D eigenvalue weighted by atomic mass is 35.5. The lowest BCUT2D eigenvalue weighted by Gasteiger charge is -2.20. The predicted molar refractivity (Wildman–Crippen MR) is 164 cm³/mol. The van der Waals surface area contributed by atoms with Crippen LogP contribution in [0.15, 0.2) is 94.7 Å². The van der Waals surface area contributed by atoms with E-state index in [9.17, 15) is 4.79 Å². The van der Waals surface area contributed by atoms with Crippen LogP contribution in [0.4, 0.5) is 5.69 Å². The molecule has 8 nitrogen and oxygen atoms in total. The number of methoxy groups -OCH3 is 1. The van der Waals surface area contributed by atoms with Crippen molar-refractivity contribution in [3.8, 4) is 11.4 Å². The number of carbonyl (C=O) groups is 1. The van der Waals surface area contributed by atoms with E-state index in [1.54, 1.807) is 25.3 Å². The third kappa shape index (κ3) is 5.43. The first-order chi connectivity index (χ1) is 19.9. The van der Waals surface area contributed by atoms with Crippen molar-refractivity contribution in [2.75, 3.05) is 25.1 Å². The first kappa shape index (κ1) is 28.0. The maximum absolute atomic E-state index is 14.0. The van der Waals surface area contributed by atoms with Crippen molar-refractivity contribution in [1.29, 1.82) is 0 Å². The standard InChI is InChI=1S/C32H33ClN6O2/c1-6-37(7-2)29-22(3)36(4)39(26-17-19-27(41-5)20-18-26)31(29)35-38-30(24-11-9-8-10-12-24)34-28(32(38)40)21-23-13-15-25(33)16-14-23/h8-21H,6-7H2,1-5H3. The van der Waals surface area contributed by atoms with E-state index in [1.165, 1.54) is 5.01 Å². The molecule has 0 unspecified atom stereocenters. The van der Waals surface area contributed by atoms with Crippen LogP contribution in [0.1, 0.15) is 30.7 Å². The summed E-state index contributed by atoms with van der Waals surface area (Å²) in [4.78, 5) is 21.0. The number of halogens is 1. The highest BCUT2D eigenvalue weighted by Crippen LogP contribution is 2.25. The third-order valence-electron chi connectivity index (χ3n) is 7.18. The van der Waals surface area contributed by atoms with Crippen LogP contribution in [0.5, 0.6) is 5.75 Å². The van der Waals surface area contributed by atoms with E-state index in [1.807, 2.05) is 78.5 Å². The summed E-state index contributed by atoms with van der Waals surface area (Å²) < 4.78 is 9.46. The third-order valence-corrected chi connectivity index (χ3v) is 7.43. The van der Waals surface area contributed by atoms with Crippen molar-refractivity contribution >= 4 is 35.1 Å². The van der Waals surface area contributed by atoms with Crippen LogP contribution in [0.25, 0.3) is 11.8 Å². The van der Waals surface area contributed by atoms with Gasteiger partial charge in [0.05, 0.1) is 18.5 Å². The average molecular weight is 569 g/mol. The summed E-state index contributed by atoms with van der Waals surface area (Å²) in [7, 11) is 3.64. The minimum Gasteiger partial charge on any atom is -0.497 e. The number of anilines is 1. The smallest absolute Gasteiger partial charge is 0.298 e. The van der Waals surface area contributed by atoms with Gasteiger partial charge in [0.2, 0.25) is 0 Å². The van der Waals surface area contributed by atoms with Gasteiger partial charge in [-0.2, -0.15) is 5.01 Å². The number of ether oxygens (including phenoxy) is 1. The SMILES string of the molecule is CCN(CC)c1c(C)n(C)n(-c2ccc(OC)cc2)c1=NN1C(=O)C(=Cc2ccc(Cl)cc2)N=C1c1ccccc1. The molecule has 1 amide bonds. The van der Waals surface area contributed by atoms with Gasteiger partial charge >= 0.3 is 0 Å². The second-order valence-corrected chi connectivity index (χ2v) is 10.00. The molecular formula is C32H33ClN6O2. The minimum absolute atomic E-state index is 0.294. The fourth-order valence-electron chi connectivity index (χ4n) is 4.91. The number of nitrogens with zero attached hydrogens (tertiary/aromatic N) is 6. The number of aromatic nitrogens is 2. The van der Waals surface area contributed by atoms with Gasteiger partial charge in [-0.1, -0.05) is 54.1 Å². The van der Waals surface area contributed by atoms with Crippen LogP contribution in [-0.2, 0) is 11.8 Å². The Morgan fingerprint density at radius 2 is 1.63 bits per heavy atom. The molecule has 0 atom stereocenters. The zero-order valence-electron chi connectivity index (χ0n) is 23.9. The van der Waals surface area contributed by atoms with Crippen LogP contribution in [0.2, 0.25) is 5.02 Å². The lowest BCUT2D eigenvalue weighted by Crippen LogP contribution is -2.35. The summed E-state index contributed by atoms with van der Waals surface area (Å²) in [6, 6.07) is 24.7. The normalized spacial score (nSPS) is 14.6. The molecule has 0 radical (unpaired) electrons. The van der Waals surface area contributed by atoms with E-state index in [0.717, 1.165) is 47.0 Å². The Hall–Kier alpha value is -4.56. The summed E-state index contributed by atoms with van der Waals surface area (Å²) in [5.74, 6) is 0.907. The topological polar surface area (TPSA) is 67.4 Å². The van der Waals surface area contributed by atoms with E-state index in [-0.39, 0.29) is 5.91 Å². The highest BCUT2D eigenvalue weighted by molar-refractivity contribution is 6.30. The Morgan fingerprint density at radius 1 is 0.976 bits per heavy atom. The van der Waals surface area contributed by atoms with E-state index in [2.05, 4.69) is 30.4 Å². The summed E-state index contributed by atoms with van der Waals surface area (Å²) in [5.41, 5.74) is 5.39. The average Bonchev–Trinajstić information content (AvgIpc) is 3.43. The van der Waals surface area contributed by atoms with Gasteiger partial charge < -0.3 is 9.64 Å². The molecule has 3 aromatic carbocycles. The van der Waals surface area contributed by atoms with Gasteiger partial charge in [-0.15, -0.1) is 5.10 Å². The minimum atomic E-state index is -0.313. The van der Waals surface area contributed by atoms with Crippen LogP contribution in [0.3, 0.4) is 0 Å². The fourth-order valence-corrected chi connectivity index (χ4v) is 5.04. The van der Waals surface area contributed by atoms with Crippen molar-refractivity contribution in [2.24, 2.45) is 17.1 Å². The van der Waals surface area contributed by atoms with Gasteiger partial charge in [-0.3, -0.25) is 9.48 Å². The number of hydrogen-bond donors (Lipinski definition) is 0. The molecule has 5 rings (SSSR count). The van der Waals surface area contributed by atoms with Crippen LogP contribution < -0.4 is 15.1 Å². The molecule has 0 aliphatic carbocycles. The molecule has 1 aliphatic rings. The lowest BCUT2D eigenvalue weighted by atomic mass is 10.2. The monoisotopic (exact) mass is 568 g/mol. The van der Waals surface area contributed by atoms with Gasteiger partial charge in [0.15, 0.2) is 11.3 Å². The zero-order valence-corrected chi connectivity index (χ0v) is 24.6. The number of rotatable bonds is 8. The zero-order chi connectivity index (χ0) is 29.1. The molecule has 9 heteroatoms. The molecule has 1 aliphatic heterocycles. The van der Waals surface area contributed by atoms with Gasteiger partial charge in [0.25, 0.3) is 5.91 Å². The molecule has 41 heavy (non-hydrogen) atoms. The Bertz CT molecular complexity index is 1680. The van der Waals surface area contributed by atoms with Crippen molar-refractivity contribution < 1.29 is 9.53 Å². The largest absolute Gasteiger partial charge is 0.497 e. The van der Waals surface area contributed by atoms with Crippen LogP contribution in [0, 0.1) is 6.92 Å². The fraction of sp³-hybridized carbons (Fsp3) is 0.219. The van der Waals surface area contributed by atoms with E-state index in [0.29, 0.717) is 22.0 Å². The molecule has 4 aromatic rings. The summed E-state index contributed by atoms with van der Waals surface area (Å²) in [5, 5.41) is 7.12. The van der Waals surface area contributed by atoms with Gasteiger partial charge in [-0.05, 0) is 68.8 Å². The number of amides is 1. The number of aliphatic imine (C=N–C) groups is 1. The summed E-state index contributed by atoms with van der Waals surface area (Å²) in [6.07, 6.45) is 1.76. The van der Waals surface area contributed by atoms with Crippen molar-refractivity contribution in [3.05, 3.63) is 112 Å². The second kappa shape index (κ2) is 11.9. The summed E-state index contributed by atoms with van der Waals surface area (Å²) >= 11 is 6.08. The quantitative estimate of drug-likeness (QED) is 0.253. The van der Waals surface area contributed by atoms with E-state index >= 15 is 0 Å². The number of carbonyl (C=O) groups excluding carboxylic acids is 1. The molecular weight excluding hydrogens is 536 g/mol. The molecule has 0 saturated carbocycles. The van der Waals surface area contributed by atoms with Crippen LogP contribution in [-0.4, -0.2) is 46.3 Å². The first-order valence-corrected chi connectivity index (χ1v) is 13.9. The predicted octanol–water partition coefficient (Wildman–Crippen LogP) is 5.78. The van der Waals surface area contributed by atoms with Crippen LogP contribution >= 0.6 is 11.6 Å². The highest BCUT2D eigenvalue weighted by Gasteiger charge is 2.32. The van der Waals surface area contributed by atoms with Crippen molar-refractivity contribution in [1.82, 2.24) is 14.4 Å². The molecule has 2 heterocycles. The Labute approximate surface area is 245 Å². The summed E-state index contributed by atoms with van der Waals surface area (Å²) in [6.45, 7) is 7.85. The van der Waals surface area contributed by atoms with Gasteiger partial charge in [0, 0.05) is 30.7 Å². The molecule has 0 N–H and O–H groups in total. The van der Waals surface area contributed by atoms with Crippen molar-refractivity contribution in [2.45, 2.75) is 20.8 Å². The van der Waals surface area contributed by atoms with E-state index < -0.39 is 0 Å². The Kier molecular flexibility index (Phi) is 8.12. The van der Waals surface area contributed by atoms with E-state index in [4.69, 9.17) is 26.4 Å². The molecule has 0 bridgehead atoms. The number of amidine groups is 1. The Balaban J connectivity index is 1.75. The van der Waals surface area contributed by atoms with Gasteiger partial charge in [0.1, 0.15) is 17.1 Å². The molecule has 0 spiro atoms. The molecule has 1 aromatic heterocycles. The Morgan fingerprint density at radius 3 is 2.24 bits per heavy atom. The molecule has 210 valence electrons. The second-order valence-electron chi connectivity index (χ2n) is 9.56. The van der Waals surface area contributed by atoms with Gasteiger partial charge in [-0.25, -0.2) is 9.67 Å². The maximum Gasteiger partial charge on any atom is 0.298 e.